The highest BCUT2D eigenvalue weighted by Gasteiger charge is 2.18. The zero-order chi connectivity index (χ0) is 43.1. The summed E-state index contributed by atoms with van der Waals surface area (Å²) in [6, 6.07) is 4.93. The van der Waals surface area contributed by atoms with Crippen LogP contribution in [-0.4, -0.2) is 0 Å². The second-order valence-corrected chi connectivity index (χ2v) is 9.96. The quantitative estimate of drug-likeness (QED) is 0.195. The lowest BCUT2D eigenvalue weighted by Gasteiger charge is -2.18. The molecule has 9 aromatic rings. The molecule has 0 radical (unpaired) electrons. The van der Waals surface area contributed by atoms with Crippen LogP contribution in [0.4, 0.5) is 0 Å². The first kappa shape index (κ1) is 12.7. The number of rotatable bonds is 3. The second kappa shape index (κ2) is 9.44. The van der Waals surface area contributed by atoms with Crippen LogP contribution in [0.1, 0.15) is 23.3 Å². The average Bonchev–Trinajstić information content (AvgIpc) is 3.66. The fourth-order valence-corrected chi connectivity index (χ4v) is 5.73. The van der Waals surface area contributed by atoms with Crippen molar-refractivity contribution in [3.8, 4) is 33.4 Å². The minimum absolute atomic E-state index is 0.0309. The van der Waals surface area contributed by atoms with Crippen molar-refractivity contribution >= 4 is 54.3 Å². The van der Waals surface area contributed by atoms with Gasteiger partial charge < -0.3 is 4.42 Å². The first-order valence-corrected chi connectivity index (χ1v) is 13.4. The fourth-order valence-electron chi connectivity index (χ4n) is 5.73. The van der Waals surface area contributed by atoms with Gasteiger partial charge in [-0.05, 0) is 89.9 Å². The number of furan rings is 1. The summed E-state index contributed by atoms with van der Waals surface area (Å²) in [6.07, 6.45) is 0. The molecule has 1 heterocycles. The summed E-state index contributed by atoms with van der Waals surface area (Å²) in [5.41, 5.74) is 0.118. The van der Waals surface area contributed by atoms with Gasteiger partial charge in [-0.25, -0.2) is 0 Å². The molecule has 0 unspecified atom stereocenters. The Morgan fingerprint density at radius 3 is 1.72 bits per heavy atom. The Morgan fingerprint density at radius 2 is 1.00 bits per heavy atom. The van der Waals surface area contributed by atoms with E-state index in [1.165, 1.54) is 0 Å². The van der Waals surface area contributed by atoms with Crippen LogP contribution in [0, 0.1) is 0 Å². The number of benzene rings is 8. The Labute approximate surface area is 273 Å². The second-order valence-electron chi connectivity index (χ2n) is 9.96. The maximum Gasteiger partial charge on any atom is 0.136 e. The summed E-state index contributed by atoms with van der Waals surface area (Å²) in [5, 5.41) is -2.20. The molecule has 9 rings (SSSR count). The van der Waals surface area contributed by atoms with Gasteiger partial charge in [0.25, 0.3) is 0 Å². The van der Waals surface area contributed by atoms with Gasteiger partial charge in [0.1, 0.15) is 11.2 Å². The van der Waals surface area contributed by atoms with Crippen molar-refractivity contribution in [3.63, 3.8) is 0 Å². The highest BCUT2D eigenvalue weighted by molar-refractivity contribution is 6.23. The third kappa shape index (κ3) is 3.72. The SMILES string of the molecule is [2H]c1c(-c2c3c([2H])c([2H])c([2H])c([2H])c3c(-c3cccc(-c4ccccc4)c3)c3c([2H])c([2H])c([2H])c([2H])c23)c([2H])c2c(oc3c([2H])c([2H])c4c([2H])c([2H])c([2H])c([2H])c4c32)c1[2H]. The van der Waals surface area contributed by atoms with Gasteiger partial charge in [0.2, 0.25) is 0 Å². The minimum atomic E-state index is -0.739. The van der Waals surface area contributed by atoms with Crippen LogP contribution >= 0.6 is 0 Å². The maximum absolute atomic E-state index is 9.82. The standard InChI is InChI=1S/C42H26O/c1-2-11-27(12-3-1)29-14-10-15-30(25-29)40-33-17-6-8-19-35(33)41(36-20-9-7-18-34(36)40)31-22-23-38-37(26-31)42-32-16-5-4-13-28(32)21-24-39(42)43-38/h1-26H/i4D,5D,6D,7D,8D,9D,13D,16D,17D,18D,19D,20D,21D,22D,23D,24D,26D. The molecule has 43 heavy (non-hydrogen) atoms. The zero-order valence-electron chi connectivity index (χ0n) is 39.1. The van der Waals surface area contributed by atoms with Crippen molar-refractivity contribution in [1.29, 1.82) is 0 Å². The molecule has 1 heteroatoms. The predicted molar refractivity (Wildman–Crippen MR) is 183 cm³/mol. The molecule has 0 saturated heterocycles. The van der Waals surface area contributed by atoms with E-state index in [0.717, 1.165) is 5.56 Å². The van der Waals surface area contributed by atoms with Crippen molar-refractivity contribution in [2.75, 3.05) is 0 Å². The van der Waals surface area contributed by atoms with Gasteiger partial charge in [0, 0.05) is 10.8 Å². The Bertz CT molecular complexity index is 3370. The van der Waals surface area contributed by atoms with E-state index in [-0.39, 0.29) is 54.2 Å². The highest BCUT2D eigenvalue weighted by Crippen LogP contribution is 2.45. The number of hydrogen-bond acceptors (Lipinski definition) is 1. The molecule has 0 saturated carbocycles. The van der Waals surface area contributed by atoms with Crippen LogP contribution < -0.4 is 0 Å². The first-order valence-electron chi connectivity index (χ1n) is 21.9. The molecule has 0 amide bonds. The van der Waals surface area contributed by atoms with Crippen LogP contribution in [0.25, 0.3) is 87.6 Å². The fraction of sp³-hybridized carbons (Fsp3) is 0. The summed E-state index contributed by atoms with van der Waals surface area (Å²) in [7, 11) is 0. The summed E-state index contributed by atoms with van der Waals surface area (Å²) >= 11 is 0. The van der Waals surface area contributed by atoms with E-state index in [0.29, 0.717) is 11.1 Å². The van der Waals surface area contributed by atoms with E-state index in [2.05, 4.69) is 0 Å². The van der Waals surface area contributed by atoms with Crippen LogP contribution in [0.15, 0.2) is 162 Å². The summed E-state index contributed by atoms with van der Waals surface area (Å²) in [5.74, 6) is 0. The van der Waals surface area contributed by atoms with E-state index >= 15 is 0 Å². The molecule has 0 atom stereocenters. The number of fused-ring (bicyclic) bond motifs is 7. The van der Waals surface area contributed by atoms with Crippen molar-refractivity contribution < 1.29 is 27.7 Å². The Morgan fingerprint density at radius 1 is 0.419 bits per heavy atom. The van der Waals surface area contributed by atoms with E-state index in [1.807, 2.05) is 36.4 Å². The van der Waals surface area contributed by atoms with Crippen molar-refractivity contribution in [2.24, 2.45) is 0 Å². The molecule has 0 N–H and O–H groups in total. The predicted octanol–water partition coefficient (Wildman–Crippen LogP) is 12.0. The zero-order valence-corrected chi connectivity index (χ0v) is 22.1. The topological polar surface area (TPSA) is 13.1 Å². The molecule has 0 aliphatic carbocycles. The lowest BCUT2D eigenvalue weighted by Crippen LogP contribution is -1.91. The smallest absolute Gasteiger partial charge is 0.136 e. The molecule has 1 nitrogen and oxygen atoms in total. The highest BCUT2D eigenvalue weighted by atomic mass is 16.3. The van der Waals surface area contributed by atoms with Crippen molar-refractivity contribution in [2.45, 2.75) is 0 Å². The van der Waals surface area contributed by atoms with Gasteiger partial charge in [-0.1, -0.05) is 133 Å². The van der Waals surface area contributed by atoms with E-state index < -0.39 is 119 Å². The summed E-state index contributed by atoms with van der Waals surface area (Å²) in [4.78, 5) is 0. The van der Waals surface area contributed by atoms with Crippen molar-refractivity contribution in [1.82, 2.24) is 0 Å². The van der Waals surface area contributed by atoms with E-state index in [1.54, 1.807) is 18.2 Å². The lowest BCUT2D eigenvalue weighted by atomic mass is 9.85. The van der Waals surface area contributed by atoms with Gasteiger partial charge in [-0.15, -0.1) is 0 Å². The van der Waals surface area contributed by atoms with Gasteiger partial charge in [0.15, 0.2) is 0 Å². The molecule has 0 bridgehead atoms. The molecule has 1 aromatic heterocycles. The van der Waals surface area contributed by atoms with Gasteiger partial charge in [0.05, 0.1) is 23.3 Å². The minimum Gasteiger partial charge on any atom is -0.456 e. The molecule has 200 valence electrons. The normalized spacial score (nSPS) is 17.3. The maximum atomic E-state index is 9.82. The summed E-state index contributed by atoms with van der Waals surface area (Å²) in [6.45, 7) is 0. The molecule has 0 spiro atoms. The van der Waals surface area contributed by atoms with Gasteiger partial charge in [-0.3, -0.25) is 0 Å². The average molecular weight is 564 g/mol. The van der Waals surface area contributed by atoms with E-state index in [4.69, 9.17) is 18.1 Å². The van der Waals surface area contributed by atoms with Gasteiger partial charge >= 0.3 is 0 Å². The molecule has 8 aromatic carbocycles. The number of hydrogen-bond donors (Lipinski definition) is 0. The molecule has 0 aliphatic rings. The van der Waals surface area contributed by atoms with Crippen LogP contribution in [0.5, 0.6) is 0 Å². The Balaban J connectivity index is 1.58. The largest absolute Gasteiger partial charge is 0.456 e. The van der Waals surface area contributed by atoms with Crippen molar-refractivity contribution in [3.05, 3.63) is 157 Å². The summed E-state index contributed by atoms with van der Waals surface area (Å²) < 4.78 is 159. The van der Waals surface area contributed by atoms with Crippen LogP contribution in [0.3, 0.4) is 0 Å². The third-order valence-electron chi connectivity index (χ3n) is 7.58. The monoisotopic (exact) mass is 563 g/mol. The molecule has 0 fully saturated rings. The lowest BCUT2D eigenvalue weighted by molar-refractivity contribution is 0.669. The molecule has 0 aliphatic heterocycles. The Kier molecular flexibility index (Phi) is 2.79. The van der Waals surface area contributed by atoms with Gasteiger partial charge in [-0.2, -0.15) is 0 Å². The van der Waals surface area contributed by atoms with Crippen LogP contribution in [-0.2, 0) is 0 Å². The third-order valence-corrected chi connectivity index (χ3v) is 7.58. The first-order chi connectivity index (χ1) is 28.4. The molecular formula is C42H26O. The van der Waals surface area contributed by atoms with E-state index in [9.17, 15) is 9.60 Å². The molecular weight excluding hydrogens is 520 g/mol. The van der Waals surface area contributed by atoms with Crippen LogP contribution in [0.2, 0.25) is 0 Å². The Hall–Kier alpha value is -5.66.